The van der Waals surface area contributed by atoms with Crippen molar-refractivity contribution in [2.24, 2.45) is 11.7 Å². The molecule has 0 aromatic carbocycles. The Labute approximate surface area is 99.4 Å². The molecule has 0 radical (unpaired) electrons. The van der Waals surface area contributed by atoms with Crippen molar-refractivity contribution >= 4 is 5.91 Å². The number of nitrogens with zero attached hydrogens (tertiary/aromatic N) is 1. The lowest BCUT2D eigenvalue weighted by Gasteiger charge is -2.25. The quantitative estimate of drug-likeness (QED) is 0.754. The van der Waals surface area contributed by atoms with Crippen molar-refractivity contribution in [2.75, 3.05) is 13.1 Å². The van der Waals surface area contributed by atoms with Crippen LogP contribution in [0, 0.1) is 5.92 Å². The first-order valence-corrected chi connectivity index (χ1v) is 6.64. The predicted octanol–water partition coefficient (Wildman–Crippen LogP) is 2.15. The minimum atomic E-state index is 0.355. The third-order valence-electron chi connectivity index (χ3n) is 3.37. The summed E-state index contributed by atoms with van der Waals surface area (Å²) < 4.78 is 0. The van der Waals surface area contributed by atoms with Gasteiger partial charge < -0.3 is 10.6 Å². The highest BCUT2D eigenvalue weighted by atomic mass is 16.2. The molecule has 3 nitrogen and oxygen atoms in total. The molecule has 0 bridgehead atoms. The van der Waals surface area contributed by atoms with E-state index in [9.17, 15) is 4.79 Å². The number of amides is 1. The van der Waals surface area contributed by atoms with Gasteiger partial charge >= 0.3 is 0 Å². The van der Waals surface area contributed by atoms with Crippen LogP contribution in [-0.2, 0) is 4.79 Å². The Balaban J connectivity index is 2.35. The van der Waals surface area contributed by atoms with Crippen LogP contribution in [0.4, 0.5) is 0 Å². The van der Waals surface area contributed by atoms with Crippen LogP contribution in [-0.4, -0.2) is 29.9 Å². The molecule has 1 rings (SSSR count). The average Bonchev–Trinajstić information content (AvgIpc) is 2.71. The number of carbonyl (C=O) groups excluding carboxylic acids is 1. The van der Waals surface area contributed by atoms with E-state index in [-0.39, 0.29) is 0 Å². The van der Waals surface area contributed by atoms with E-state index in [0.29, 0.717) is 17.9 Å². The summed E-state index contributed by atoms with van der Waals surface area (Å²) in [7, 11) is 0. The summed E-state index contributed by atoms with van der Waals surface area (Å²) in [6.07, 6.45) is 6.20. The molecule has 0 spiro atoms. The van der Waals surface area contributed by atoms with E-state index in [0.717, 1.165) is 38.8 Å². The van der Waals surface area contributed by atoms with E-state index in [1.165, 1.54) is 12.8 Å². The monoisotopic (exact) mass is 226 g/mol. The van der Waals surface area contributed by atoms with Crippen LogP contribution in [0.3, 0.4) is 0 Å². The molecule has 1 heterocycles. The maximum Gasteiger partial charge on any atom is 0.222 e. The molecule has 2 N–H and O–H groups in total. The normalized spacial score (nSPS) is 20.8. The molecule has 0 aromatic rings. The Morgan fingerprint density at radius 1 is 1.50 bits per heavy atom. The van der Waals surface area contributed by atoms with Crippen LogP contribution >= 0.6 is 0 Å². The molecule has 1 unspecified atom stereocenters. The lowest BCUT2D eigenvalue weighted by molar-refractivity contribution is -0.132. The van der Waals surface area contributed by atoms with Crippen molar-refractivity contribution in [2.45, 2.75) is 58.4 Å². The van der Waals surface area contributed by atoms with E-state index >= 15 is 0 Å². The van der Waals surface area contributed by atoms with E-state index in [1.54, 1.807) is 0 Å². The van der Waals surface area contributed by atoms with Gasteiger partial charge in [0.25, 0.3) is 0 Å². The fourth-order valence-electron chi connectivity index (χ4n) is 2.37. The van der Waals surface area contributed by atoms with E-state index in [4.69, 9.17) is 5.73 Å². The van der Waals surface area contributed by atoms with Gasteiger partial charge in [-0.3, -0.25) is 4.79 Å². The molecule has 0 aliphatic carbocycles. The number of likely N-dealkylation sites (tertiary alicyclic amines) is 1. The molecule has 0 aromatic heterocycles. The van der Waals surface area contributed by atoms with Crippen LogP contribution in [0.2, 0.25) is 0 Å². The Morgan fingerprint density at radius 2 is 2.25 bits per heavy atom. The summed E-state index contributed by atoms with van der Waals surface area (Å²) in [5.41, 5.74) is 5.52. The van der Waals surface area contributed by atoms with Gasteiger partial charge in [0.15, 0.2) is 0 Å². The molecule has 0 saturated carbocycles. The van der Waals surface area contributed by atoms with Crippen LogP contribution in [0.25, 0.3) is 0 Å². The zero-order chi connectivity index (χ0) is 12.0. The maximum atomic E-state index is 12.0. The smallest absolute Gasteiger partial charge is 0.222 e. The molecule has 1 aliphatic rings. The van der Waals surface area contributed by atoms with Gasteiger partial charge in [-0.2, -0.15) is 0 Å². The Kier molecular flexibility index (Phi) is 5.81. The van der Waals surface area contributed by atoms with Gasteiger partial charge in [-0.05, 0) is 44.6 Å². The number of hydrogen-bond acceptors (Lipinski definition) is 2. The van der Waals surface area contributed by atoms with Gasteiger partial charge in [0.2, 0.25) is 5.91 Å². The molecule has 1 atom stereocenters. The highest BCUT2D eigenvalue weighted by molar-refractivity contribution is 5.76. The second kappa shape index (κ2) is 6.89. The Bertz CT molecular complexity index is 216. The lowest BCUT2D eigenvalue weighted by atomic mass is 10.1. The van der Waals surface area contributed by atoms with Crippen molar-refractivity contribution in [1.29, 1.82) is 0 Å². The van der Waals surface area contributed by atoms with E-state index in [1.807, 2.05) is 0 Å². The standard InChI is InChI=1S/C13H26N2O/c1-11(2)7-8-13(16)15-10-4-6-12(15)5-3-9-14/h11-12H,3-10,14H2,1-2H3. The first kappa shape index (κ1) is 13.5. The third kappa shape index (κ3) is 4.12. The largest absolute Gasteiger partial charge is 0.340 e. The molecular formula is C13H26N2O. The highest BCUT2D eigenvalue weighted by Gasteiger charge is 2.27. The van der Waals surface area contributed by atoms with Crippen LogP contribution in [0.1, 0.15) is 52.4 Å². The van der Waals surface area contributed by atoms with Gasteiger partial charge in [-0.1, -0.05) is 13.8 Å². The summed E-state index contributed by atoms with van der Waals surface area (Å²) in [5, 5.41) is 0. The van der Waals surface area contributed by atoms with E-state index in [2.05, 4.69) is 18.7 Å². The Morgan fingerprint density at radius 3 is 2.88 bits per heavy atom. The van der Waals surface area contributed by atoms with Gasteiger partial charge in [-0.25, -0.2) is 0 Å². The highest BCUT2D eigenvalue weighted by Crippen LogP contribution is 2.22. The second-order valence-electron chi connectivity index (χ2n) is 5.25. The van der Waals surface area contributed by atoms with E-state index < -0.39 is 0 Å². The zero-order valence-corrected chi connectivity index (χ0v) is 10.7. The Hall–Kier alpha value is -0.570. The maximum absolute atomic E-state index is 12.0. The first-order chi connectivity index (χ1) is 7.65. The van der Waals surface area contributed by atoms with Crippen molar-refractivity contribution in [3.8, 4) is 0 Å². The van der Waals surface area contributed by atoms with Crippen LogP contribution in [0.15, 0.2) is 0 Å². The summed E-state index contributed by atoms with van der Waals surface area (Å²) in [5.74, 6) is 0.974. The van der Waals surface area contributed by atoms with Crippen molar-refractivity contribution in [3.05, 3.63) is 0 Å². The number of carbonyl (C=O) groups is 1. The SMILES string of the molecule is CC(C)CCC(=O)N1CCCC1CCCN. The lowest BCUT2D eigenvalue weighted by Crippen LogP contribution is -2.35. The van der Waals surface area contributed by atoms with Gasteiger partial charge in [0, 0.05) is 19.0 Å². The molecule has 1 aliphatic heterocycles. The number of rotatable bonds is 6. The molecule has 1 saturated heterocycles. The predicted molar refractivity (Wildman–Crippen MR) is 67.1 cm³/mol. The fourth-order valence-corrected chi connectivity index (χ4v) is 2.37. The second-order valence-corrected chi connectivity index (χ2v) is 5.25. The van der Waals surface area contributed by atoms with Gasteiger partial charge in [0.05, 0.1) is 0 Å². The third-order valence-corrected chi connectivity index (χ3v) is 3.37. The van der Waals surface area contributed by atoms with Crippen molar-refractivity contribution in [3.63, 3.8) is 0 Å². The molecule has 94 valence electrons. The van der Waals surface area contributed by atoms with Gasteiger partial charge in [-0.15, -0.1) is 0 Å². The molecular weight excluding hydrogens is 200 g/mol. The fraction of sp³-hybridized carbons (Fsp3) is 0.923. The summed E-state index contributed by atoms with van der Waals surface area (Å²) in [4.78, 5) is 14.1. The molecule has 3 heteroatoms. The van der Waals surface area contributed by atoms with Gasteiger partial charge in [0.1, 0.15) is 0 Å². The molecule has 1 amide bonds. The summed E-state index contributed by atoms with van der Waals surface area (Å²) in [6.45, 7) is 6.04. The summed E-state index contributed by atoms with van der Waals surface area (Å²) in [6, 6.07) is 0.475. The molecule has 16 heavy (non-hydrogen) atoms. The number of nitrogens with two attached hydrogens (primary N) is 1. The zero-order valence-electron chi connectivity index (χ0n) is 10.7. The summed E-state index contributed by atoms with van der Waals surface area (Å²) >= 11 is 0. The van der Waals surface area contributed by atoms with Crippen molar-refractivity contribution < 1.29 is 4.79 Å². The van der Waals surface area contributed by atoms with Crippen LogP contribution < -0.4 is 5.73 Å². The van der Waals surface area contributed by atoms with Crippen LogP contribution in [0.5, 0.6) is 0 Å². The minimum Gasteiger partial charge on any atom is -0.340 e. The average molecular weight is 226 g/mol. The number of hydrogen-bond donors (Lipinski definition) is 1. The van der Waals surface area contributed by atoms with Crippen molar-refractivity contribution in [1.82, 2.24) is 4.90 Å². The first-order valence-electron chi connectivity index (χ1n) is 6.64. The minimum absolute atomic E-state index is 0.355. The topological polar surface area (TPSA) is 46.3 Å². The molecule has 1 fully saturated rings.